The fourth-order valence-corrected chi connectivity index (χ4v) is 3.73. The lowest BCUT2D eigenvalue weighted by Gasteiger charge is -2.25. The number of hydrogen-bond acceptors (Lipinski definition) is 6. The predicted octanol–water partition coefficient (Wildman–Crippen LogP) is 7.35. The standard InChI is InChI=1S/C24H26F6N6.C2H6/c1-4-17-19(12-14-36(5-2)21-18(24(28,29)30)7-6-13-32-21)34-22(31-3)35-20(17)33-16-10-8-15(9-11-16)23(25,26)27;1-2/h6-11,13H,4-5,12,14H2,1-3H3,(H2,31,33,34,35);1-2H3. The third kappa shape index (κ3) is 7.72. The zero-order valence-corrected chi connectivity index (χ0v) is 21.9. The van der Waals surface area contributed by atoms with Crippen LogP contribution in [0, 0.1) is 0 Å². The number of likely N-dealkylation sites (N-methyl/N-ethyl adjacent to an activating group) is 1. The second kappa shape index (κ2) is 13.3. The molecule has 3 rings (SSSR count). The summed E-state index contributed by atoms with van der Waals surface area (Å²) >= 11 is 0. The van der Waals surface area contributed by atoms with Crippen LogP contribution in [0.5, 0.6) is 0 Å². The largest absolute Gasteiger partial charge is 0.419 e. The highest BCUT2D eigenvalue weighted by Gasteiger charge is 2.35. The fraction of sp³-hybridized carbons (Fsp3) is 0.423. The van der Waals surface area contributed by atoms with Crippen LogP contribution in [0.4, 0.5) is 49.6 Å². The molecule has 2 heterocycles. The minimum absolute atomic E-state index is 0.156. The van der Waals surface area contributed by atoms with Crippen LogP contribution >= 0.6 is 0 Å². The Labute approximate surface area is 218 Å². The van der Waals surface area contributed by atoms with E-state index in [9.17, 15) is 26.3 Å². The molecule has 0 fully saturated rings. The normalized spacial score (nSPS) is 11.4. The van der Waals surface area contributed by atoms with Gasteiger partial charge in [-0.1, -0.05) is 20.8 Å². The maximum Gasteiger partial charge on any atom is 0.419 e. The lowest BCUT2D eigenvalue weighted by atomic mass is 10.1. The minimum atomic E-state index is -4.54. The van der Waals surface area contributed by atoms with Crippen molar-refractivity contribution in [1.82, 2.24) is 15.0 Å². The summed E-state index contributed by atoms with van der Waals surface area (Å²) in [5, 5.41) is 5.90. The summed E-state index contributed by atoms with van der Waals surface area (Å²) in [6, 6.07) is 6.80. The van der Waals surface area contributed by atoms with Crippen molar-refractivity contribution in [2.75, 3.05) is 35.7 Å². The van der Waals surface area contributed by atoms with Crippen molar-refractivity contribution in [1.29, 1.82) is 0 Å². The van der Waals surface area contributed by atoms with Crippen LogP contribution in [0.2, 0.25) is 0 Å². The number of rotatable bonds is 9. The first kappa shape index (κ1) is 30.7. The van der Waals surface area contributed by atoms with Crippen LogP contribution in [-0.2, 0) is 25.2 Å². The van der Waals surface area contributed by atoms with E-state index in [1.54, 1.807) is 14.0 Å². The van der Waals surface area contributed by atoms with Gasteiger partial charge in [-0.3, -0.25) is 0 Å². The minimum Gasteiger partial charge on any atom is -0.357 e. The van der Waals surface area contributed by atoms with Crippen molar-refractivity contribution in [3.8, 4) is 0 Å². The zero-order valence-electron chi connectivity index (χ0n) is 21.9. The molecule has 0 saturated carbocycles. The Morgan fingerprint density at radius 1 is 0.895 bits per heavy atom. The van der Waals surface area contributed by atoms with E-state index in [2.05, 4.69) is 25.6 Å². The average molecular weight is 543 g/mol. The Morgan fingerprint density at radius 3 is 2.08 bits per heavy atom. The van der Waals surface area contributed by atoms with Crippen LogP contribution in [0.3, 0.4) is 0 Å². The Hall–Kier alpha value is -3.57. The summed E-state index contributed by atoms with van der Waals surface area (Å²) < 4.78 is 79.2. The van der Waals surface area contributed by atoms with E-state index >= 15 is 0 Å². The van der Waals surface area contributed by atoms with Gasteiger partial charge in [-0.05, 0) is 49.7 Å². The van der Waals surface area contributed by atoms with Gasteiger partial charge in [0, 0.05) is 44.0 Å². The van der Waals surface area contributed by atoms with E-state index in [1.807, 2.05) is 20.8 Å². The van der Waals surface area contributed by atoms with Crippen LogP contribution in [0.15, 0.2) is 42.6 Å². The van der Waals surface area contributed by atoms with Crippen LogP contribution in [-0.4, -0.2) is 35.1 Å². The second-order valence-electron chi connectivity index (χ2n) is 7.83. The molecule has 2 aromatic heterocycles. The van der Waals surface area contributed by atoms with Crippen molar-refractivity contribution < 1.29 is 26.3 Å². The highest BCUT2D eigenvalue weighted by molar-refractivity contribution is 5.62. The summed E-state index contributed by atoms with van der Waals surface area (Å²) in [6.45, 7) is 8.12. The molecule has 12 heteroatoms. The maximum atomic E-state index is 13.5. The van der Waals surface area contributed by atoms with Gasteiger partial charge >= 0.3 is 12.4 Å². The van der Waals surface area contributed by atoms with Gasteiger partial charge in [0.15, 0.2) is 0 Å². The number of halogens is 6. The first-order chi connectivity index (χ1) is 18.0. The summed E-state index contributed by atoms with van der Waals surface area (Å²) in [4.78, 5) is 14.4. The number of hydrogen-bond donors (Lipinski definition) is 2. The van der Waals surface area contributed by atoms with Crippen LogP contribution in [0.25, 0.3) is 0 Å². The molecule has 208 valence electrons. The molecule has 2 N–H and O–H groups in total. The smallest absolute Gasteiger partial charge is 0.357 e. The Kier molecular flexibility index (Phi) is 10.7. The molecule has 0 atom stereocenters. The highest BCUT2D eigenvalue weighted by atomic mass is 19.4. The molecule has 0 radical (unpaired) electrons. The lowest BCUT2D eigenvalue weighted by molar-refractivity contribution is -0.138. The molecule has 0 bridgehead atoms. The molecule has 1 aromatic carbocycles. The molecule has 0 aliphatic heterocycles. The van der Waals surface area contributed by atoms with Gasteiger partial charge in [-0.2, -0.15) is 31.3 Å². The van der Waals surface area contributed by atoms with E-state index in [0.29, 0.717) is 42.1 Å². The predicted molar refractivity (Wildman–Crippen MR) is 138 cm³/mol. The van der Waals surface area contributed by atoms with Gasteiger partial charge in [0.05, 0.1) is 16.8 Å². The molecule has 0 saturated heterocycles. The Balaban J connectivity index is 0.00000247. The molecule has 0 spiro atoms. The fourth-order valence-electron chi connectivity index (χ4n) is 3.73. The Morgan fingerprint density at radius 2 is 1.55 bits per heavy atom. The Bertz CT molecular complexity index is 1160. The van der Waals surface area contributed by atoms with E-state index in [1.165, 1.54) is 29.3 Å². The molecule has 38 heavy (non-hydrogen) atoms. The number of alkyl halides is 6. The van der Waals surface area contributed by atoms with E-state index in [4.69, 9.17) is 0 Å². The SMILES string of the molecule is CC.CCc1c(CCN(CC)c2ncccc2C(F)(F)F)nc(NC)nc1Nc1ccc(C(F)(F)F)cc1. The first-order valence-corrected chi connectivity index (χ1v) is 12.3. The number of nitrogens with one attached hydrogen (secondary N) is 2. The van der Waals surface area contributed by atoms with Gasteiger partial charge in [0.25, 0.3) is 0 Å². The molecule has 6 nitrogen and oxygen atoms in total. The number of aromatic nitrogens is 3. The lowest BCUT2D eigenvalue weighted by Crippen LogP contribution is -2.29. The summed E-state index contributed by atoms with van der Waals surface area (Å²) in [5.74, 6) is 0.522. The van der Waals surface area contributed by atoms with Crippen molar-refractivity contribution in [3.63, 3.8) is 0 Å². The molecule has 3 aromatic rings. The number of benzene rings is 1. The number of nitrogens with zero attached hydrogens (tertiary/aromatic N) is 4. The van der Waals surface area contributed by atoms with Crippen LogP contribution < -0.4 is 15.5 Å². The van der Waals surface area contributed by atoms with Crippen molar-refractivity contribution in [3.05, 3.63) is 65.0 Å². The average Bonchev–Trinajstić information content (AvgIpc) is 2.89. The summed E-state index contributed by atoms with van der Waals surface area (Å²) in [7, 11) is 1.62. The second-order valence-corrected chi connectivity index (χ2v) is 7.83. The van der Waals surface area contributed by atoms with E-state index in [-0.39, 0.29) is 18.3 Å². The van der Waals surface area contributed by atoms with E-state index in [0.717, 1.165) is 18.2 Å². The molecule has 0 unspecified atom stereocenters. The zero-order chi connectivity index (χ0) is 28.5. The van der Waals surface area contributed by atoms with Gasteiger partial charge in [0.1, 0.15) is 11.6 Å². The van der Waals surface area contributed by atoms with Gasteiger partial charge in [0.2, 0.25) is 5.95 Å². The van der Waals surface area contributed by atoms with E-state index < -0.39 is 23.5 Å². The highest BCUT2D eigenvalue weighted by Crippen LogP contribution is 2.35. The third-order valence-electron chi connectivity index (χ3n) is 5.54. The molecular weight excluding hydrogens is 510 g/mol. The molecular formula is C26H32F6N6. The summed E-state index contributed by atoms with van der Waals surface area (Å²) in [6.07, 6.45) is -6.88. The number of anilines is 4. The molecule has 0 aliphatic rings. The van der Waals surface area contributed by atoms with Gasteiger partial charge < -0.3 is 15.5 Å². The first-order valence-electron chi connectivity index (χ1n) is 12.3. The van der Waals surface area contributed by atoms with Crippen molar-refractivity contribution >= 4 is 23.3 Å². The van der Waals surface area contributed by atoms with Crippen LogP contribution in [0.1, 0.15) is 50.1 Å². The quantitative estimate of drug-likeness (QED) is 0.276. The monoisotopic (exact) mass is 542 g/mol. The summed E-state index contributed by atoms with van der Waals surface area (Å²) in [5.41, 5.74) is 0.139. The molecule has 0 aliphatic carbocycles. The number of pyridine rings is 1. The van der Waals surface area contributed by atoms with Crippen molar-refractivity contribution in [2.45, 2.75) is 52.9 Å². The van der Waals surface area contributed by atoms with Crippen molar-refractivity contribution in [2.24, 2.45) is 0 Å². The topological polar surface area (TPSA) is 66.0 Å². The maximum absolute atomic E-state index is 13.5. The van der Waals surface area contributed by atoms with Gasteiger partial charge in [-0.15, -0.1) is 0 Å². The molecule has 0 amide bonds. The van der Waals surface area contributed by atoms with Gasteiger partial charge in [-0.25, -0.2) is 9.97 Å². The third-order valence-corrected chi connectivity index (χ3v) is 5.54.